The maximum Gasteiger partial charge on any atom is 2.00 e. The van der Waals surface area contributed by atoms with E-state index in [-0.39, 0.29) is 40.6 Å². The third kappa shape index (κ3) is 7.76. The Morgan fingerprint density at radius 1 is 1.15 bits per heavy atom. The zero-order valence-corrected chi connectivity index (χ0v) is 8.77. The Hall–Kier alpha value is -0.590. The van der Waals surface area contributed by atoms with E-state index >= 15 is 0 Å². The third-order valence-electron chi connectivity index (χ3n) is 0.914. The number of hydrogen-bond acceptors (Lipinski definition) is 3. The van der Waals surface area contributed by atoms with E-state index in [9.17, 15) is 14.4 Å². The molecule has 7 heteroatoms. The molecule has 0 rings (SSSR count). The van der Waals surface area contributed by atoms with Gasteiger partial charge >= 0.3 is 55.6 Å². The largest absolute Gasteiger partial charge is 2.00 e. The standard InChI is InChI=1S/C6H6O6.Ca.2H/c7-4(8)1-3(6(11)12)2-5(9)10;;;/h1H,2H2,(H,7,8)(H,9,10)(H,11,12);;;/q;+2;2*-1. The van der Waals surface area contributed by atoms with Crippen LogP contribution in [0.15, 0.2) is 11.6 Å². The topological polar surface area (TPSA) is 112 Å². The van der Waals surface area contributed by atoms with Gasteiger partial charge in [0, 0.05) is 6.08 Å². The van der Waals surface area contributed by atoms with Crippen LogP contribution in [0, 0.1) is 0 Å². The molecule has 3 N–H and O–H groups in total. The molecule has 0 aliphatic rings. The fourth-order valence-electron chi connectivity index (χ4n) is 0.500. The van der Waals surface area contributed by atoms with Crippen molar-refractivity contribution in [3.8, 4) is 0 Å². The molecule has 0 spiro atoms. The van der Waals surface area contributed by atoms with Gasteiger partial charge < -0.3 is 18.2 Å². The zero-order valence-electron chi connectivity index (χ0n) is 8.56. The minimum absolute atomic E-state index is 0. The van der Waals surface area contributed by atoms with Crippen LogP contribution in [0.4, 0.5) is 0 Å². The van der Waals surface area contributed by atoms with Gasteiger partial charge in [-0.05, 0) is 0 Å². The van der Waals surface area contributed by atoms with Crippen LogP contribution in [-0.2, 0) is 14.4 Å². The summed E-state index contributed by atoms with van der Waals surface area (Å²) in [5.74, 6) is -4.40. The average molecular weight is 216 g/mol. The molecule has 0 radical (unpaired) electrons. The van der Waals surface area contributed by atoms with Crippen molar-refractivity contribution in [2.45, 2.75) is 6.42 Å². The van der Waals surface area contributed by atoms with E-state index in [0.29, 0.717) is 6.08 Å². The van der Waals surface area contributed by atoms with E-state index in [4.69, 9.17) is 15.3 Å². The Bertz CT molecular complexity index is 264. The Kier molecular flexibility index (Phi) is 7.89. The molecular formula is C6H8CaO6. The van der Waals surface area contributed by atoms with Gasteiger partial charge in [0.05, 0.1) is 12.0 Å². The molecule has 70 valence electrons. The Balaban J connectivity index is -0.000000202. The van der Waals surface area contributed by atoms with Gasteiger partial charge in [-0.2, -0.15) is 0 Å². The summed E-state index contributed by atoms with van der Waals surface area (Å²) in [5.41, 5.74) is -0.657. The predicted molar refractivity (Wildman–Crippen MR) is 43.6 cm³/mol. The number of aliphatic carboxylic acids is 3. The fraction of sp³-hybridized carbons (Fsp3) is 0.167. The van der Waals surface area contributed by atoms with Crippen molar-refractivity contribution < 1.29 is 32.6 Å². The van der Waals surface area contributed by atoms with Gasteiger partial charge in [0.1, 0.15) is 0 Å². The van der Waals surface area contributed by atoms with Gasteiger partial charge in [0.25, 0.3) is 0 Å². The smallest absolute Gasteiger partial charge is 1.00 e. The number of carboxylic acid groups (broad SMARTS) is 3. The summed E-state index contributed by atoms with van der Waals surface area (Å²) in [6.07, 6.45) is -0.446. The number of rotatable bonds is 4. The van der Waals surface area contributed by atoms with Crippen LogP contribution in [0.3, 0.4) is 0 Å². The molecule has 0 aliphatic heterocycles. The molecule has 6 nitrogen and oxygen atoms in total. The first kappa shape index (κ1) is 14.9. The summed E-state index contributed by atoms with van der Waals surface area (Å²) in [4.78, 5) is 30.1. The van der Waals surface area contributed by atoms with Gasteiger partial charge in [-0.3, -0.25) is 4.79 Å². The molecule has 0 aliphatic carbocycles. The molecule has 0 atom stereocenters. The molecule has 0 saturated carbocycles. The monoisotopic (exact) mass is 216 g/mol. The minimum atomic E-state index is -1.54. The second-order valence-corrected chi connectivity index (χ2v) is 1.88. The summed E-state index contributed by atoms with van der Waals surface area (Å²) in [5, 5.41) is 24.5. The maximum atomic E-state index is 10.2. The fourth-order valence-corrected chi connectivity index (χ4v) is 0.500. The number of carboxylic acids is 3. The quantitative estimate of drug-likeness (QED) is 0.427. The molecule has 0 saturated heterocycles. The van der Waals surface area contributed by atoms with Crippen molar-refractivity contribution in [2.24, 2.45) is 0 Å². The normalized spacial score (nSPS) is 10.0. The Morgan fingerprint density at radius 3 is 1.85 bits per heavy atom. The van der Waals surface area contributed by atoms with Gasteiger partial charge in [0.2, 0.25) is 0 Å². The van der Waals surface area contributed by atoms with Crippen molar-refractivity contribution in [1.82, 2.24) is 0 Å². The van der Waals surface area contributed by atoms with E-state index in [1.54, 1.807) is 0 Å². The molecule has 0 aromatic carbocycles. The Morgan fingerprint density at radius 2 is 1.62 bits per heavy atom. The van der Waals surface area contributed by atoms with Gasteiger partial charge in [-0.1, -0.05) is 0 Å². The molecule has 13 heavy (non-hydrogen) atoms. The van der Waals surface area contributed by atoms with Gasteiger partial charge in [-0.25, -0.2) is 9.59 Å². The summed E-state index contributed by atoms with van der Waals surface area (Å²) in [6.45, 7) is 0. The van der Waals surface area contributed by atoms with E-state index < -0.39 is 29.9 Å². The van der Waals surface area contributed by atoms with E-state index in [2.05, 4.69) is 0 Å². The predicted octanol–water partition coefficient (Wildman–Crippen LogP) is -0.599. The van der Waals surface area contributed by atoms with Crippen LogP contribution in [0.5, 0.6) is 0 Å². The first-order chi connectivity index (χ1) is 5.43. The average Bonchev–Trinajstić information content (AvgIpc) is 1.83. The number of carbonyl (C=O) groups is 3. The summed E-state index contributed by atoms with van der Waals surface area (Å²) in [6, 6.07) is 0. The van der Waals surface area contributed by atoms with Crippen LogP contribution in [0.2, 0.25) is 0 Å². The third-order valence-corrected chi connectivity index (χ3v) is 0.914. The second kappa shape index (κ2) is 6.88. The first-order valence-corrected chi connectivity index (χ1v) is 2.82. The van der Waals surface area contributed by atoms with Crippen LogP contribution in [-0.4, -0.2) is 71.0 Å². The van der Waals surface area contributed by atoms with Crippen molar-refractivity contribution >= 4 is 55.6 Å². The second-order valence-electron chi connectivity index (χ2n) is 1.88. The Labute approximate surface area is 106 Å². The molecular weight excluding hydrogens is 208 g/mol. The number of hydrogen-bond donors (Lipinski definition) is 3. The van der Waals surface area contributed by atoms with Gasteiger partial charge in [-0.15, -0.1) is 0 Å². The van der Waals surface area contributed by atoms with Crippen molar-refractivity contribution in [3.63, 3.8) is 0 Å². The first-order valence-electron chi connectivity index (χ1n) is 2.82. The van der Waals surface area contributed by atoms with Crippen LogP contribution >= 0.6 is 0 Å². The molecule has 0 heterocycles. The van der Waals surface area contributed by atoms with Crippen LogP contribution < -0.4 is 0 Å². The molecule has 0 bridgehead atoms. The van der Waals surface area contributed by atoms with E-state index in [0.717, 1.165) is 0 Å². The molecule has 0 aromatic heterocycles. The molecule has 0 amide bonds. The molecule has 0 fully saturated rings. The van der Waals surface area contributed by atoms with Crippen molar-refractivity contribution in [2.75, 3.05) is 0 Å². The zero-order chi connectivity index (χ0) is 9.72. The summed E-state index contributed by atoms with van der Waals surface area (Å²) >= 11 is 0. The van der Waals surface area contributed by atoms with Crippen LogP contribution in [0.25, 0.3) is 0 Å². The summed E-state index contributed by atoms with van der Waals surface area (Å²) < 4.78 is 0. The SMILES string of the molecule is O=C(O)C=C(CC(=O)O)C(=O)O.[Ca+2].[H-].[H-]. The van der Waals surface area contributed by atoms with Crippen LogP contribution in [0.1, 0.15) is 9.27 Å². The van der Waals surface area contributed by atoms with E-state index in [1.165, 1.54) is 0 Å². The summed E-state index contributed by atoms with van der Waals surface area (Å²) in [7, 11) is 0. The van der Waals surface area contributed by atoms with Gasteiger partial charge in [0.15, 0.2) is 0 Å². The maximum absolute atomic E-state index is 10.2. The van der Waals surface area contributed by atoms with Crippen molar-refractivity contribution in [3.05, 3.63) is 11.6 Å². The van der Waals surface area contributed by atoms with Crippen molar-refractivity contribution in [1.29, 1.82) is 0 Å². The molecule has 0 unspecified atom stereocenters. The molecule has 0 aromatic rings. The minimum Gasteiger partial charge on any atom is -1.00 e. The van der Waals surface area contributed by atoms with E-state index in [1.807, 2.05) is 0 Å².